The molecule has 0 atom stereocenters. The molecule has 0 bridgehead atoms. The third kappa shape index (κ3) is 2.47. The molecule has 3 aromatic heterocycles. The molecule has 3 rings (SSSR count). The van der Waals surface area contributed by atoms with Crippen molar-refractivity contribution >= 4 is 23.5 Å². The molecule has 0 fully saturated rings. The zero-order valence-electron chi connectivity index (χ0n) is 9.48. The van der Waals surface area contributed by atoms with Crippen molar-refractivity contribution in [2.75, 3.05) is 5.32 Å². The van der Waals surface area contributed by atoms with Gasteiger partial charge in [-0.25, -0.2) is 0 Å². The lowest BCUT2D eigenvalue weighted by atomic mass is 10.2. The average molecular weight is 273 g/mol. The lowest BCUT2D eigenvalue weighted by molar-refractivity contribution is 0.0987. The van der Waals surface area contributed by atoms with Crippen LogP contribution in [-0.4, -0.2) is 24.8 Å². The Morgan fingerprint density at radius 1 is 1.32 bits per heavy atom. The lowest BCUT2D eigenvalue weighted by Crippen LogP contribution is -2.10. The van der Waals surface area contributed by atoms with Gasteiger partial charge in [-0.05, 0) is 12.1 Å². The summed E-state index contributed by atoms with van der Waals surface area (Å²) in [5, 5.41) is 6.35. The molecule has 0 saturated carbocycles. The molecular formula is C11H7N5O2S. The minimum Gasteiger partial charge on any atom is -0.350 e. The molecule has 1 N–H and O–H groups in total. The van der Waals surface area contributed by atoms with Crippen LogP contribution in [-0.2, 0) is 0 Å². The maximum Gasteiger partial charge on any atom is 0.295 e. The third-order valence-corrected chi connectivity index (χ3v) is 2.74. The van der Waals surface area contributed by atoms with Gasteiger partial charge in [0.2, 0.25) is 5.76 Å². The van der Waals surface area contributed by atoms with Gasteiger partial charge in [0.25, 0.3) is 5.91 Å². The Morgan fingerprint density at radius 3 is 3.00 bits per heavy atom. The molecule has 3 heterocycles. The second-order valence-corrected chi connectivity index (χ2v) is 4.09. The van der Waals surface area contributed by atoms with Crippen LogP contribution in [0.4, 0.5) is 5.82 Å². The van der Waals surface area contributed by atoms with Gasteiger partial charge >= 0.3 is 0 Å². The van der Waals surface area contributed by atoms with Crippen LogP contribution in [0, 0.1) is 0 Å². The van der Waals surface area contributed by atoms with Crippen LogP contribution in [0.15, 0.2) is 41.2 Å². The number of amides is 1. The van der Waals surface area contributed by atoms with Crippen molar-refractivity contribution in [1.29, 1.82) is 0 Å². The van der Waals surface area contributed by atoms with Crippen LogP contribution < -0.4 is 5.32 Å². The molecule has 8 heteroatoms. The Morgan fingerprint density at radius 2 is 2.26 bits per heavy atom. The summed E-state index contributed by atoms with van der Waals surface area (Å²) >= 11 is 1.01. The van der Waals surface area contributed by atoms with Crippen molar-refractivity contribution < 1.29 is 9.32 Å². The van der Waals surface area contributed by atoms with Crippen LogP contribution in [0.3, 0.4) is 0 Å². The van der Waals surface area contributed by atoms with Gasteiger partial charge in [-0.3, -0.25) is 9.78 Å². The highest BCUT2D eigenvalue weighted by molar-refractivity contribution is 6.99. The maximum absolute atomic E-state index is 11.8. The number of nitrogens with zero attached hydrogens (tertiary/aromatic N) is 4. The summed E-state index contributed by atoms with van der Waals surface area (Å²) < 4.78 is 12.6. The number of anilines is 1. The summed E-state index contributed by atoms with van der Waals surface area (Å²) in [6.45, 7) is 0. The van der Waals surface area contributed by atoms with Gasteiger partial charge in [-0.1, -0.05) is 11.2 Å². The first-order valence-electron chi connectivity index (χ1n) is 5.30. The highest BCUT2D eigenvalue weighted by Crippen LogP contribution is 2.16. The molecule has 0 unspecified atom stereocenters. The molecule has 7 nitrogen and oxygen atoms in total. The van der Waals surface area contributed by atoms with Crippen molar-refractivity contribution in [3.05, 3.63) is 42.4 Å². The third-order valence-electron chi connectivity index (χ3n) is 2.26. The molecule has 0 aliphatic rings. The van der Waals surface area contributed by atoms with Crippen molar-refractivity contribution in [3.63, 3.8) is 0 Å². The fourth-order valence-electron chi connectivity index (χ4n) is 1.41. The van der Waals surface area contributed by atoms with E-state index in [1.807, 2.05) is 6.07 Å². The van der Waals surface area contributed by atoms with E-state index in [0.29, 0.717) is 17.2 Å². The smallest absolute Gasteiger partial charge is 0.295 e. The molecule has 0 aromatic carbocycles. The second-order valence-electron chi connectivity index (χ2n) is 3.54. The Bertz CT molecular complexity index is 680. The molecule has 1 amide bonds. The van der Waals surface area contributed by atoms with Gasteiger partial charge in [0.1, 0.15) is 5.69 Å². The Balaban J connectivity index is 1.80. The van der Waals surface area contributed by atoms with Gasteiger partial charge in [0, 0.05) is 12.3 Å². The van der Waals surface area contributed by atoms with E-state index in [2.05, 4.69) is 24.2 Å². The molecule has 0 spiro atoms. The van der Waals surface area contributed by atoms with Crippen LogP contribution in [0.5, 0.6) is 0 Å². The lowest BCUT2D eigenvalue weighted by Gasteiger charge is -1.94. The fraction of sp³-hybridized carbons (Fsp3) is 0. The Kier molecular flexibility index (Phi) is 2.99. The zero-order chi connectivity index (χ0) is 13.1. The first-order chi connectivity index (χ1) is 9.33. The molecule has 0 saturated heterocycles. The number of nitrogens with one attached hydrogen (secondary N) is 1. The standard InChI is InChI=1S/C11H7N5O2S/c17-11(14-10-6-13-19-16-10)9-5-8(15-18-9)7-3-1-2-4-12-7/h1-6H,(H,14,16,17). The maximum atomic E-state index is 11.8. The number of carbonyl (C=O) groups excluding carboxylic acids is 1. The average Bonchev–Trinajstić information content (AvgIpc) is 3.10. The largest absolute Gasteiger partial charge is 0.350 e. The van der Waals surface area contributed by atoms with E-state index in [9.17, 15) is 4.79 Å². The second kappa shape index (κ2) is 4.94. The number of aromatic nitrogens is 4. The molecule has 0 aliphatic carbocycles. The summed E-state index contributed by atoms with van der Waals surface area (Å²) in [4.78, 5) is 16.0. The quantitative estimate of drug-likeness (QED) is 0.782. The summed E-state index contributed by atoms with van der Waals surface area (Å²) in [6, 6.07) is 6.94. The number of hydrogen-bond acceptors (Lipinski definition) is 7. The predicted octanol–water partition coefficient (Wildman–Crippen LogP) is 1.84. The van der Waals surface area contributed by atoms with Crippen molar-refractivity contribution in [2.45, 2.75) is 0 Å². The highest BCUT2D eigenvalue weighted by atomic mass is 32.1. The summed E-state index contributed by atoms with van der Waals surface area (Å²) in [7, 11) is 0. The zero-order valence-corrected chi connectivity index (χ0v) is 10.3. The van der Waals surface area contributed by atoms with Crippen LogP contribution in [0.1, 0.15) is 10.6 Å². The van der Waals surface area contributed by atoms with Crippen LogP contribution >= 0.6 is 11.7 Å². The van der Waals surface area contributed by atoms with E-state index in [-0.39, 0.29) is 5.76 Å². The Labute approximate surface area is 111 Å². The molecule has 0 aliphatic heterocycles. The molecule has 0 radical (unpaired) electrons. The topological polar surface area (TPSA) is 93.8 Å². The summed E-state index contributed by atoms with van der Waals surface area (Å²) in [5.74, 6) is 0.0434. The van der Waals surface area contributed by atoms with E-state index in [0.717, 1.165) is 11.7 Å². The predicted molar refractivity (Wildman–Crippen MR) is 67.6 cm³/mol. The van der Waals surface area contributed by atoms with Gasteiger partial charge in [0.05, 0.1) is 23.6 Å². The SMILES string of the molecule is O=C(Nc1cnsn1)c1cc(-c2ccccn2)no1. The van der Waals surface area contributed by atoms with E-state index in [1.54, 1.807) is 18.3 Å². The van der Waals surface area contributed by atoms with E-state index in [1.165, 1.54) is 12.3 Å². The van der Waals surface area contributed by atoms with Gasteiger partial charge < -0.3 is 9.84 Å². The van der Waals surface area contributed by atoms with Crippen LogP contribution in [0.25, 0.3) is 11.4 Å². The molecular weight excluding hydrogens is 266 g/mol. The number of carbonyl (C=O) groups is 1. The monoisotopic (exact) mass is 273 g/mol. The summed E-state index contributed by atoms with van der Waals surface area (Å²) in [5.41, 5.74) is 1.14. The van der Waals surface area contributed by atoms with Crippen molar-refractivity contribution in [3.8, 4) is 11.4 Å². The van der Waals surface area contributed by atoms with E-state index in [4.69, 9.17) is 4.52 Å². The first-order valence-corrected chi connectivity index (χ1v) is 6.03. The van der Waals surface area contributed by atoms with Crippen molar-refractivity contribution in [1.82, 2.24) is 18.9 Å². The van der Waals surface area contributed by atoms with Gasteiger partial charge in [-0.2, -0.15) is 8.75 Å². The Hall–Kier alpha value is -2.61. The van der Waals surface area contributed by atoms with Crippen molar-refractivity contribution in [2.24, 2.45) is 0 Å². The highest BCUT2D eigenvalue weighted by Gasteiger charge is 2.15. The van der Waals surface area contributed by atoms with Gasteiger partial charge in [-0.15, -0.1) is 0 Å². The molecule has 3 aromatic rings. The van der Waals surface area contributed by atoms with Gasteiger partial charge in [0.15, 0.2) is 5.82 Å². The van der Waals surface area contributed by atoms with E-state index < -0.39 is 5.91 Å². The van der Waals surface area contributed by atoms with Crippen LogP contribution in [0.2, 0.25) is 0 Å². The normalized spacial score (nSPS) is 10.3. The number of pyridine rings is 1. The minimum atomic E-state index is -0.428. The minimum absolute atomic E-state index is 0.0913. The summed E-state index contributed by atoms with van der Waals surface area (Å²) in [6.07, 6.45) is 3.10. The number of hydrogen-bond donors (Lipinski definition) is 1. The fourth-order valence-corrected chi connectivity index (χ4v) is 1.79. The van der Waals surface area contributed by atoms with E-state index >= 15 is 0 Å². The first kappa shape index (κ1) is 11.5. The number of rotatable bonds is 3. The molecule has 94 valence electrons. The molecule has 19 heavy (non-hydrogen) atoms.